The molecule has 3 aromatic rings. The minimum Gasteiger partial charge on any atom is -0.493 e. The van der Waals surface area contributed by atoms with Crippen molar-refractivity contribution < 1.29 is 47.6 Å². The lowest BCUT2D eigenvalue weighted by Crippen LogP contribution is -2.45. The SMILES string of the molecule is COc1cc2c(cc1OCCCOc1cc3c(cc1OC)C(=O)N1C=C(C4CC4)C[C@H]1C(=O)N3COCC[Si](C)(C)C)NC(=O)[C@@H]1C(COCC[Si](C)(C)C)C(c3ccc(N)cc3)=CN1C2=O. The fourth-order valence-corrected chi connectivity index (χ4v) is 10.4. The third-order valence-corrected chi connectivity index (χ3v) is 16.4. The molecule has 8 rings (SSSR count). The highest BCUT2D eigenvalue weighted by molar-refractivity contribution is 6.76. The van der Waals surface area contributed by atoms with E-state index in [-0.39, 0.29) is 55.7 Å². The Labute approximate surface area is 395 Å². The summed E-state index contributed by atoms with van der Waals surface area (Å²) in [6.45, 7) is 15.4. The lowest BCUT2D eigenvalue weighted by molar-refractivity contribution is -0.123. The number of carbonyl (C=O) groups excluding carboxylic acids is 4. The van der Waals surface area contributed by atoms with Gasteiger partial charge in [-0.05, 0) is 71.8 Å². The van der Waals surface area contributed by atoms with Crippen molar-refractivity contribution in [2.24, 2.45) is 11.8 Å². The van der Waals surface area contributed by atoms with Crippen LogP contribution in [0.1, 0.15) is 52.0 Å². The van der Waals surface area contributed by atoms with E-state index in [1.165, 1.54) is 19.1 Å². The lowest BCUT2D eigenvalue weighted by atomic mass is 9.90. The number of hydrogen-bond donors (Lipinski definition) is 2. The van der Waals surface area contributed by atoms with Gasteiger partial charge in [0.05, 0.1) is 56.5 Å². The van der Waals surface area contributed by atoms with Crippen molar-refractivity contribution in [1.82, 2.24) is 9.80 Å². The van der Waals surface area contributed by atoms with Gasteiger partial charge >= 0.3 is 0 Å². The molecule has 358 valence electrons. The van der Waals surface area contributed by atoms with Crippen LogP contribution < -0.4 is 34.9 Å². The minimum atomic E-state index is -1.40. The van der Waals surface area contributed by atoms with E-state index in [1.54, 1.807) is 52.4 Å². The zero-order valence-electron chi connectivity index (χ0n) is 40.1. The van der Waals surface area contributed by atoms with E-state index in [0.29, 0.717) is 77.6 Å². The van der Waals surface area contributed by atoms with Gasteiger partial charge in [-0.2, -0.15) is 0 Å². The van der Waals surface area contributed by atoms with E-state index in [9.17, 15) is 19.2 Å². The van der Waals surface area contributed by atoms with Crippen LogP contribution in [0.15, 0.2) is 66.5 Å². The average molecular weight is 952 g/mol. The standard InChI is InChI=1S/C50H65N5O10Si2/c1-60-42-23-35-39(52-47(56)46-38(29-62-18-20-66(3,4)5)37(28-54(46)48(35)57)32-12-14-34(51)15-13-32)25-44(42)64-16-9-17-65-45-26-40-36(24-43(45)61-2)49(58)53-27-33(31-10-11-31)22-41(53)50(59)55(40)30-63-19-21-67(6,7)8/h12-15,23-28,31,38,41,46H,9-11,16-22,29-30,51H2,1-8H3,(H,52,56)/t38?,41-,46-/m0/s1. The Balaban J connectivity index is 0.969. The number of nitrogens with zero attached hydrogens (tertiary/aromatic N) is 3. The van der Waals surface area contributed by atoms with Crippen molar-refractivity contribution in [3.63, 3.8) is 0 Å². The van der Waals surface area contributed by atoms with Gasteiger partial charge in [-0.1, -0.05) is 51.4 Å². The largest absolute Gasteiger partial charge is 0.493 e. The molecule has 1 unspecified atom stereocenters. The molecule has 15 nitrogen and oxygen atoms in total. The van der Waals surface area contributed by atoms with E-state index < -0.39 is 34.1 Å². The zero-order chi connectivity index (χ0) is 47.8. The first-order chi connectivity index (χ1) is 31.9. The molecule has 5 aliphatic rings. The molecule has 0 bridgehead atoms. The number of rotatable bonds is 20. The third-order valence-electron chi connectivity index (χ3n) is 13.0. The van der Waals surface area contributed by atoms with Gasteiger partial charge in [-0.3, -0.25) is 24.1 Å². The number of anilines is 3. The summed E-state index contributed by atoms with van der Waals surface area (Å²) in [5, 5.41) is 3.02. The van der Waals surface area contributed by atoms with E-state index in [1.807, 2.05) is 18.3 Å². The Kier molecular flexibility index (Phi) is 14.0. The highest BCUT2D eigenvalue weighted by atomic mass is 28.3. The number of nitrogens with two attached hydrogens (primary N) is 1. The number of ether oxygens (including phenoxy) is 6. The summed E-state index contributed by atoms with van der Waals surface area (Å²) in [4.78, 5) is 61.7. The van der Waals surface area contributed by atoms with Crippen molar-refractivity contribution in [1.29, 1.82) is 0 Å². The van der Waals surface area contributed by atoms with Crippen LogP contribution in [0.4, 0.5) is 17.1 Å². The normalized spacial score (nSPS) is 20.3. The number of benzene rings is 3. The minimum absolute atomic E-state index is 0.00876. The Morgan fingerprint density at radius 2 is 1.33 bits per heavy atom. The second kappa shape index (κ2) is 19.5. The number of nitrogens with one attached hydrogen (secondary N) is 1. The van der Waals surface area contributed by atoms with E-state index >= 15 is 0 Å². The Morgan fingerprint density at radius 3 is 1.96 bits per heavy atom. The molecule has 0 aromatic heterocycles. The summed E-state index contributed by atoms with van der Waals surface area (Å²) in [5.74, 6) is 0.233. The first kappa shape index (κ1) is 47.9. The van der Waals surface area contributed by atoms with E-state index in [4.69, 9.17) is 34.2 Å². The Morgan fingerprint density at radius 1 is 0.716 bits per heavy atom. The molecule has 1 fully saturated rings. The number of carbonyl (C=O) groups is 4. The predicted octanol–water partition coefficient (Wildman–Crippen LogP) is 8.09. The van der Waals surface area contributed by atoms with Crippen molar-refractivity contribution in [3.8, 4) is 23.0 Å². The maximum absolute atomic E-state index is 14.4. The van der Waals surface area contributed by atoms with Gasteiger partial charge in [0, 0.05) is 78.3 Å². The second-order valence-corrected chi connectivity index (χ2v) is 31.7. The van der Waals surface area contributed by atoms with Crippen LogP contribution in [0.25, 0.3) is 5.57 Å². The van der Waals surface area contributed by atoms with Gasteiger partial charge in [-0.25, -0.2) is 0 Å². The maximum atomic E-state index is 14.4. The van der Waals surface area contributed by atoms with Gasteiger partial charge < -0.3 is 49.3 Å². The molecular weight excluding hydrogens is 887 g/mol. The molecule has 0 saturated heterocycles. The van der Waals surface area contributed by atoms with Gasteiger partial charge in [0.1, 0.15) is 18.8 Å². The summed E-state index contributed by atoms with van der Waals surface area (Å²) in [6, 6.07) is 14.4. The first-order valence-corrected chi connectivity index (χ1v) is 30.8. The first-order valence-electron chi connectivity index (χ1n) is 23.4. The van der Waals surface area contributed by atoms with Crippen LogP contribution in [0.5, 0.6) is 23.0 Å². The second-order valence-electron chi connectivity index (χ2n) is 20.5. The molecule has 1 saturated carbocycles. The molecule has 4 heterocycles. The van der Waals surface area contributed by atoms with Crippen molar-refractivity contribution in [2.75, 3.05) is 69.9 Å². The highest BCUT2D eigenvalue weighted by Crippen LogP contribution is 2.46. The number of nitrogen functional groups attached to an aromatic ring is 1. The molecule has 3 N–H and O–H groups in total. The maximum Gasteiger partial charge on any atom is 0.260 e. The van der Waals surface area contributed by atoms with Crippen LogP contribution in [-0.2, 0) is 19.1 Å². The summed E-state index contributed by atoms with van der Waals surface area (Å²) in [6.07, 6.45) is 6.73. The van der Waals surface area contributed by atoms with E-state index in [0.717, 1.165) is 41.6 Å². The molecule has 0 spiro atoms. The average Bonchev–Trinajstić information content (AvgIpc) is 3.95. The molecule has 3 aromatic carbocycles. The van der Waals surface area contributed by atoms with Crippen LogP contribution >= 0.6 is 0 Å². The number of hydrogen-bond acceptors (Lipinski definition) is 11. The van der Waals surface area contributed by atoms with E-state index in [2.05, 4.69) is 44.6 Å². The summed E-state index contributed by atoms with van der Waals surface area (Å²) < 4.78 is 36.4. The van der Waals surface area contributed by atoms with Crippen LogP contribution in [0.2, 0.25) is 51.4 Å². The fraction of sp³-hybridized carbons (Fsp3) is 0.480. The Hall–Kier alpha value is -5.63. The van der Waals surface area contributed by atoms with Crippen LogP contribution in [-0.4, -0.2) is 116 Å². The van der Waals surface area contributed by atoms with Gasteiger partial charge in [-0.15, -0.1) is 0 Å². The fourth-order valence-electron chi connectivity index (χ4n) is 8.90. The lowest BCUT2D eigenvalue weighted by Gasteiger charge is -2.26. The van der Waals surface area contributed by atoms with Crippen molar-refractivity contribution in [3.05, 3.63) is 83.2 Å². The molecule has 3 atom stereocenters. The van der Waals surface area contributed by atoms with Gasteiger partial charge in [0.2, 0.25) is 5.91 Å². The zero-order valence-corrected chi connectivity index (χ0v) is 42.1. The third kappa shape index (κ3) is 10.6. The molecule has 17 heteroatoms. The number of fused-ring (bicyclic) bond motifs is 4. The molecular formula is C50H65N5O10Si2. The Bertz CT molecular complexity index is 2460. The molecule has 4 amide bonds. The summed E-state index contributed by atoms with van der Waals surface area (Å²) in [7, 11) is 0.246. The molecule has 4 aliphatic heterocycles. The predicted molar refractivity (Wildman–Crippen MR) is 263 cm³/mol. The summed E-state index contributed by atoms with van der Waals surface area (Å²) in [5.41, 5.74) is 10.8. The monoisotopic (exact) mass is 951 g/mol. The van der Waals surface area contributed by atoms with Crippen molar-refractivity contribution in [2.45, 2.75) is 89.1 Å². The molecule has 1 aliphatic carbocycles. The van der Waals surface area contributed by atoms with Crippen LogP contribution in [0.3, 0.4) is 0 Å². The summed E-state index contributed by atoms with van der Waals surface area (Å²) >= 11 is 0. The van der Waals surface area contributed by atoms with Crippen molar-refractivity contribution >= 4 is 62.4 Å². The highest BCUT2D eigenvalue weighted by Gasteiger charge is 2.47. The number of methoxy groups -OCH3 is 2. The molecule has 0 radical (unpaired) electrons. The topological polar surface area (TPSA) is 171 Å². The van der Waals surface area contributed by atoms with Gasteiger partial charge in [0.25, 0.3) is 17.7 Å². The smallest absolute Gasteiger partial charge is 0.260 e. The quantitative estimate of drug-likeness (QED) is 0.0638. The van der Waals surface area contributed by atoms with Gasteiger partial charge in [0.15, 0.2) is 23.0 Å². The van der Waals surface area contributed by atoms with Crippen LogP contribution in [0, 0.1) is 11.8 Å². The number of amides is 4. The molecule has 67 heavy (non-hydrogen) atoms.